The van der Waals surface area contributed by atoms with Crippen molar-refractivity contribution in [3.05, 3.63) is 70.8 Å². The molecule has 3 nitrogen and oxygen atoms in total. The van der Waals surface area contributed by atoms with Gasteiger partial charge in [0.2, 0.25) is 5.78 Å². The fourth-order valence-corrected chi connectivity index (χ4v) is 1.84. The average Bonchev–Trinajstić information content (AvgIpc) is 2.53. The number of hydrogen-bond acceptors (Lipinski definition) is 3. The van der Waals surface area contributed by atoms with Gasteiger partial charge in [-0.1, -0.05) is 6.07 Å². The Morgan fingerprint density at radius 2 is 1.86 bits per heavy atom. The van der Waals surface area contributed by atoms with E-state index in [1.165, 1.54) is 37.5 Å². The lowest BCUT2D eigenvalue weighted by Crippen LogP contribution is -2.02. The topological polar surface area (TPSA) is 50.1 Å². The number of ether oxygens (including phenoxy) is 1. The summed E-state index contributed by atoms with van der Waals surface area (Å²) in [5.74, 6) is -1.56. The molecule has 0 saturated carbocycles. The zero-order chi connectivity index (χ0) is 16.1. The van der Waals surface area contributed by atoms with Crippen LogP contribution < -0.4 is 4.74 Å². The molecule has 0 saturated heterocycles. The third-order valence-corrected chi connectivity index (χ3v) is 2.96. The maximum atomic E-state index is 13.6. The van der Waals surface area contributed by atoms with Crippen LogP contribution in [0.1, 0.15) is 15.9 Å². The third-order valence-electron chi connectivity index (χ3n) is 2.96. The van der Waals surface area contributed by atoms with Gasteiger partial charge in [-0.3, -0.25) is 4.79 Å². The van der Waals surface area contributed by atoms with E-state index in [1.54, 1.807) is 6.07 Å². The highest BCUT2D eigenvalue weighted by molar-refractivity contribution is 6.14. The van der Waals surface area contributed by atoms with Gasteiger partial charge in [-0.2, -0.15) is 5.26 Å². The molecule has 0 aliphatic heterocycles. The molecule has 0 bridgehead atoms. The molecule has 110 valence electrons. The Kier molecular flexibility index (Phi) is 4.64. The number of benzene rings is 2. The third kappa shape index (κ3) is 3.36. The Labute approximate surface area is 126 Å². The van der Waals surface area contributed by atoms with E-state index in [1.807, 2.05) is 0 Å². The van der Waals surface area contributed by atoms with Gasteiger partial charge in [0, 0.05) is 5.56 Å². The van der Waals surface area contributed by atoms with E-state index in [2.05, 4.69) is 0 Å². The van der Waals surface area contributed by atoms with Crippen molar-refractivity contribution in [3.63, 3.8) is 0 Å². The van der Waals surface area contributed by atoms with Crippen LogP contribution in [0.5, 0.6) is 5.75 Å². The van der Waals surface area contributed by atoms with E-state index in [4.69, 9.17) is 10.00 Å². The number of methoxy groups -OCH3 is 1. The number of hydrogen-bond donors (Lipinski definition) is 0. The van der Waals surface area contributed by atoms with Gasteiger partial charge in [-0.25, -0.2) is 8.78 Å². The number of halogens is 2. The largest absolute Gasteiger partial charge is 0.494 e. The molecule has 2 aromatic carbocycles. The molecule has 0 aliphatic rings. The summed E-state index contributed by atoms with van der Waals surface area (Å²) >= 11 is 0. The van der Waals surface area contributed by atoms with Crippen molar-refractivity contribution in [2.24, 2.45) is 0 Å². The molecule has 22 heavy (non-hydrogen) atoms. The van der Waals surface area contributed by atoms with Gasteiger partial charge in [0.25, 0.3) is 0 Å². The Balaban J connectivity index is 2.35. The van der Waals surface area contributed by atoms with Gasteiger partial charge in [-0.15, -0.1) is 0 Å². The maximum Gasteiger partial charge on any atom is 0.203 e. The quantitative estimate of drug-likeness (QED) is 0.490. The predicted octanol–water partition coefficient (Wildman–Crippen LogP) is 3.76. The lowest BCUT2D eigenvalue weighted by atomic mass is 10.0. The molecule has 0 spiro atoms. The van der Waals surface area contributed by atoms with Crippen LogP contribution >= 0.6 is 0 Å². The second kappa shape index (κ2) is 6.64. The Bertz CT molecular complexity index is 774. The van der Waals surface area contributed by atoms with E-state index in [-0.39, 0.29) is 16.9 Å². The highest BCUT2D eigenvalue weighted by atomic mass is 19.1. The summed E-state index contributed by atoms with van der Waals surface area (Å²) in [6.45, 7) is 0. The van der Waals surface area contributed by atoms with Crippen LogP contribution in [0.25, 0.3) is 6.08 Å². The van der Waals surface area contributed by atoms with Crippen molar-refractivity contribution in [1.82, 2.24) is 0 Å². The molecular weight excluding hydrogens is 288 g/mol. The number of carbonyl (C=O) groups excluding carboxylic acids is 1. The number of carbonyl (C=O) groups is 1. The van der Waals surface area contributed by atoms with Crippen molar-refractivity contribution >= 4 is 11.9 Å². The predicted molar refractivity (Wildman–Crippen MR) is 77.3 cm³/mol. The van der Waals surface area contributed by atoms with Crippen LogP contribution in [-0.2, 0) is 0 Å². The molecule has 0 heterocycles. The van der Waals surface area contributed by atoms with Crippen LogP contribution in [0.15, 0.2) is 48.0 Å². The standard InChI is InChI=1S/C17H11F2NO2/c1-22-16-7-2-11(9-15(16)19)8-13(10-20)17(21)12-3-5-14(18)6-4-12/h2-9H,1H3/b13-8+. The van der Waals surface area contributed by atoms with E-state index >= 15 is 0 Å². The number of allylic oxidation sites excluding steroid dienone is 1. The minimum atomic E-state index is -0.595. The molecule has 0 amide bonds. The van der Waals surface area contributed by atoms with Gasteiger partial charge >= 0.3 is 0 Å². The second-order valence-corrected chi connectivity index (χ2v) is 4.40. The van der Waals surface area contributed by atoms with Crippen LogP contribution in [0.4, 0.5) is 8.78 Å². The Morgan fingerprint density at radius 3 is 2.41 bits per heavy atom. The highest BCUT2D eigenvalue weighted by Gasteiger charge is 2.12. The second-order valence-electron chi connectivity index (χ2n) is 4.40. The summed E-state index contributed by atoms with van der Waals surface area (Å²) in [5.41, 5.74) is 0.365. The molecule has 5 heteroatoms. The number of nitrogens with zero attached hydrogens (tertiary/aromatic N) is 1. The minimum Gasteiger partial charge on any atom is -0.494 e. The van der Waals surface area contributed by atoms with E-state index in [0.29, 0.717) is 5.56 Å². The van der Waals surface area contributed by atoms with Crippen LogP contribution in [0.3, 0.4) is 0 Å². The van der Waals surface area contributed by atoms with E-state index in [9.17, 15) is 13.6 Å². The molecular formula is C17H11F2NO2. The molecule has 0 unspecified atom stereocenters. The van der Waals surface area contributed by atoms with Gasteiger partial charge in [-0.05, 0) is 48.0 Å². The van der Waals surface area contributed by atoms with Crippen LogP contribution in [0.2, 0.25) is 0 Å². The summed E-state index contributed by atoms with van der Waals surface area (Å²) in [4.78, 5) is 12.2. The van der Waals surface area contributed by atoms with Crippen LogP contribution in [-0.4, -0.2) is 12.9 Å². The van der Waals surface area contributed by atoms with Crippen molar-refractivity contribution in [1.29, 1.82) is 5.26 Å². The van der Waals surface area contributed by atoms with Crippen LogP contribution in [0, 0.1) is 23.0 Å². The average molecular weight is 299 g/mol. The first-order valence-electron chi connectivity index (χ1n) is 6.30. The number of ketones is 1. The normalized spacial score (nSPS) is 10.9. The first kappa shape index (κ1) is 15.4. The van der Waals surface area contributed by atoms with Gasteiger partial charge < -0.3 is 4.74 Å². The fourth-order valence-electron chi connectivity index (χ4n) is 1.84. The van der Waals surface area contributed by atoms with Crippen molar-refractivity contribution in [3.8, 4) is 11.8 Å². The minimum absolute atomic E-state index is 0.0699. The molecule has 0 aliphatic carbocycles. The highest BCUT2D eigenvalue weighted by Crippen LogP contribution is 2.20. The fraction of sp³-hybridized carbons (Fsp3) is 0.0588. The zero-order valence-corrected chi connectivity index (χ0v) is 11.6. The lowest BCUT2D eigenvalue weighted by Gasteiger charge is -2.03. The molecule has 2 aromatic rings. The SMILES string of the molecule is COc1ccc(/C=C(\C#N)C(=O)c2ccc(F)cc2)cc1F. The smallest absolute Gasteiger partial charge is 0.203 e. The van der Waals surface area contributed by atoms with E-state index in [0.717, 1.165) is 18.2 Å². The first-order valence-corrected chi connectivity index (χ1v) is 6.30. The van der Waals surface area contributed by atoms with Gasteiger partial charge in [0.15, 0.2) is 11.6 Å². The Hall–Kier alpha value is -3.00. The molecule has 0 fully saturated rings. The molecule has 2 rings (SSSR count). The zero-order valence-electron chi connectivity index (χ0n) is 11.6. The van der Waals surface area contributed by atoms with Crippen molar-refractivity contribution in [2.45, 2.75) is 0 Å². The Morgan fingerprint density at radius 1 is 1.18 bits per heavy atom. The molecule has 0 atom stereocenters. The molecule has 0 radical (unpaired) electrons. The van der Waals surface area contributed by atoms with Crippen molar-refractivity contribution < 1.29 is 18.3 Å². The summed E-state index contributed by atoms with van der Waals surface area (Å²) in [7, 11) is 1.34. The number of Topliss-reactive ketones (excluding diaryl/α,β-unsaturated/α-hetero) is 1. The summed E-state index contributed by atoms with van der Waals surface area (Å²) in [6, 6.07) is 10.7. The first-order chi connectivity index (χ1) is 10.5. The molecule has 0 N–H and O–H groups in total. The monoisotopic (exact) mass is 299 g/mol. The summed E-state index contributed by atoms with van der Waals surface area (Å²) in [5, 5.41) is 9.11. The van der Waals surface area contributed by atoms with Crippen molar-refractivity contribution in [2.75, 3.05) is 7.11 Å². The number of rotatable bonds is 4. The maximum absolute atomic E-state index is 13.6. The summed E-state index contributed by atoms with van der Waals surface area (Å²) in [6.07, 6.45) is 1.27. The molecule has 0 aromatic heterocycles. The van der Waals surface area contributed by atoms with Gasteiger partial charge in [0.1, 0.15) is 17.5 Å². The van der Waals surface area contributed by atoms with E-state index < -0.39 is 17.4 Å². The van der Waals surface area contributed by atoms with Gasteiger partial charge in [0.05, 0.1) is 7.11 Å². The number of nitriles is 1. The lowest BCUT2D eigenvalue weighted by molar-refractivity contribution is 0.104. The summed E-state index contributed by atoms with van der Waals surface area (Å²) < 4.78 is 31.3.